The molecule has 33 heavy (non-hydrogen) atoms. The number of ketones is 1. The van der Waals surface area contributed by atoms with Gasteiger partial charge < -0.3 is 29.6 Å². The van der Waals surface area contributed by atoms with Gasteiger partial charge in [0.25, 0.3) is 0 Å². The van der Waals surface area contributed by atoms with E-state index in [2.05, 4.69) is 15.5 Å². The maximum absolute atomic E-state index is 13.4. The van der Waals surface area contributed by atoms with E-state index < -0.39 is 11.8 Å². The van der Waals surface area contributed by atoms with E-state index in [0.717, 1.165) is 35.0 Å². The van der Waals surface area contributed by atoms with Crippen molar-refractivity contribution in [3.8, 4) is 0 Å². The first-order valence-corrected chi connectivity index (χ1v) is 11.6. The van der Waals surface area contributed by atoms with Crippen LogP contribution in [-0.2, 0) is 22.9 Å². The van der Waals surface area contributed by atoms with Gasteiger partial charge in [0.2, 0.25) is 0 Å². The fourth-order valence-electron chi connectivity index (χ4n) is 4.84. The van der Waals surface area contributed by atoms with Crippen LogP contribution in [0, 0.1) is 5.92 Å². The number of carbonyl (C=O) groups is 2. The highest BCUT2D eigenvalue weighted by molar-refractivity contribution is 6.11. The van der Waals surface area contributed by atoms with E-state index in [1.165, 1.54) is 0 Å². The molecule has 1 aromatic heterocycles. The van der Waals surface area contributed by atoms with Crippen molar-refractivity contribution in [2.45, 2.75) is 51.8 Å². The first kappa shape index (κ1) is 23.2. The second-order valence-electron chi connectivity index (χ2n) is 9.56. The largest absolute Gasteiger partial charge is 0.510 e. The molecule has 178 valence electrons. The van der Waals surface area contributed by atoms with Crippen molar-refractivity contribution in [1.82, 2.24) is 14.4 Å². The van der Waals surface area contributed by atoms with Crippen molar-refractivity contribution < 1.29 is 19.1 Å². The van der Waals surface area contributed by atoms with Gasteiger partial charge in [-0.3, -0.25) is 4.79 Å². The van der Waals surface area contributed by atoms with Gasteiger partial charge in [0.15, 0.2) is 12.5 Å². The predicted octanol–water partition coefficient (Wildman–Crippen LogP) is 3.60. The summed E-state index contributed by atoms with van der Waals surface area (Å²) in [6.07, 6.45) is 5.38. The van der Waals surface area contributed by atoms with Crippen LogP contribution < -0.4 is 5.73 Å². The van der Waals surface area contributed by atoms with Crippen molar-refractivity contribution in [1.29, 1.82) is 0 Å². The van der Waals surface area contributed by atoms with E-state index in [9.17, 15) is 9.59 Å². The summed E-state index contributed by atoms with van der Waals surface area (Å²) in [5, 5.41) is 1.04. The summed E-state index contributed by atoms with van der Waals surface area (Å²) in [5.41, 5.74) is 8.02. The van der Waals surface area contributed by atoms with Crippen LogP contribution in [0.2, 0.25) is 0 Å². The molecule has 0 fully saturated rings. The highest BCUT2D eigenvalue weighted by Gasteiger charge is 2.35. The number of nitrogens with two attached hydrogens (primary N) is 1. The van der Waals surface area contributed by atoms with Crippen LogP contribution >= 0.6 is 0 Å². The second-order valence-corrected chi connectivity index (χ2v) is 9.56. The monoisotopic (exact) mass is 454 g/mol. The van der Waals surface area contributed by atoms with Crippen LogP contribution in [0.1, 0.15) is 49.7 Å². The van der Waals surface area contributed by atoms with Gasteiger partial charge in [-0.15, -0.1) is 0 Å². The van der Waals surface area contributed by atoms with E-state index in [4.69, 9.17) is 15.2 Å². The number of ether oxygens (including phenoxy) is 2. The van der Waals surface area contributed by atoms with Crippen molar-refractivity contribution in [2.75, 3.05) is 19.8 Å². The normalized spacial score (nSPS) is 20.5. The molecule has 2 unspecified atom stereocenters. The van der Waals surface area contributed by atoms with Crippen LogP contribution in [0.5, 0.6) is 0 Å². The van der Waals surface area contributed by atoms with Crippen LogP contribution in [0.15, 0.2) is 36.7 Å². The molecule has 1 aliphatic carbocycles. The van der Waals surface area contributed by atoms with Gasteiger partial charge in [-0.25, -0.2) is 4.79 Å². The molecule has 0 radical (unpaired) electrons. The zero-order valence-electron chi connectivity index (χ0n) is 19.9. The molecule has 2 heterocycles. The smallest absolute Gasteiger partial charge is 0.428 e. The molecule has 0 spiro atoms. The minimum Gasteiger partial charge on any atom is -0.428 e. The molecule has 8 nitrogen and oxygen atoms in total. The van der Waals surface area contributed by atoms with E-state index in [1.54, 1.807) is 0 Å². The Bertz CT molecular complexity index is 1070. The fourth-order valence-corrected chi connectivity index (χ4v) is 4.84. The lowest BCUT2D eigenvalue weighted by molar-refractivity contribution is -0.0413. The Balaban J connectivity index is 1.36. The fraction of sp³-hybridized carbons (Fsp3) is 0.520. The van der Waals surface area contributed by atoms with Gasteiger partial charge in [-0.1, -0.05) is 18.2 Å². The number of Topliss-reactive ketones (excluding diaryl/α,β-unsaturated/α-hetero) is 1. The summed E-state index contributed by atoms with van der Waals surface area (Å²) in [6.45, 7) is 6.79. The van der Waals surface area contributed by atoms with E-state index >= 15 is 0 Å². The first-order chi connectivity index (χ1) is 15.7. The maximum atomic E-state index is 13.4. The minimum absolute atomic E-state index is 0.0310. The molecule has 0 bridgehead atoms. The number of hydrogen-bond donors (Lipinski definition) is 1. The number of benzene rings is 1. The lowest BCUT2D eigenvalue weighted by Crippen LogP contribution is -2.42. The standard InChI is InChI=1S/C25H34N4O4/c1-17-28(13-14-29(17)16-32-24(31)33-25(2,3)11-12-26)15-18-9-10-21-22(23(18)30)19-7-5-6-8-20(19)27(21)4/h5-8,13-14,17-18H,9-12,15-16,26H2,1-4H3. The summed E-state index contributed by atoms with van der Waals surface area (Å²) < 4.78 is 12.8. The third-order valence-corrected chi connectivity index (χ3v) is 6.85. The average Bonchev–Trinajstić information content (AvgIpc) is 3.26. The highest BCUT2D eigenvalue weighted by atomic mass is 16.7. The second kappa shape index (κ2) is 9.09. The molecule has 2 N–H and O–H groups in total. The van der Waals surface area contributed by atoms with E-state index in [0.29, 0.717) is 19.5 Å². The van der Waals surface area contributed by atoms with Gasteiger partial charge in [0, 0.05) is 54.1 Å². The average molecular weight is 455 g/mol. The molecule has 0 saturated heterocycles. The van der Waals surface area contributed by atoms with Crippen molar-refractivity contribution >= 4 is 22.8 Å². The Labute approximate surface area is 194 Å². The van der Waals surface area contributed by atoms with Gasteiger partial charge in [-0.05, 0) is 52.6 Å². The molecule has 4 rings (SSSR count). The number of nitrogens with zero attached hydrogens (tertiary/aromatic N) is 3. The Kier molecular flexibility index (Phi) is 6.38. The molecule has 1 aliphatic heterocycles. The highest BCUT2D eigenvalue weighted by Crippen LogP contribution is 2.34. The summed E-state index contributed by atoms with van der Waals surface area (Å²) in [6, 6.07) is 8.12. The predicted molar refractivity (Wildman–Crippen MR) is 126 cm³/mol. The summed E-state index contributed by atoms with van der Waals surface area (Å²) in [4.78, 5) is 29.6. The number of aromatic nitrogens is 1. The summed E-state index contributed by atoms with van der Waals surface area (Å²) in [7, 11) is 2.04. The van der Waals surface area contributed by atoms with Crippen LogP contribution in [0.25, 0.3) is 10.9 Å². The third-order valence-electron chi connectivity index (χ3n) is 6.85. The van der Waals surface area contributed by atoms with Gasteiger partial charge in [0.05, 0.1) is 0 Å². The van der Waals surface area contributed by atoms with E-state index in [-0.39, 0.29) is 24.6 Å². The Morgan fingerprint density at radius 1 is 1.21 bits per heavy atom. The topological polar surface area (TPSA) is 90.0 Å². The zero-order chi connectivity index (χ0) is 23.8. The number of hydrogen-bond acceptors (Lipinski definition) is 7. The zero-order valence-corrected chi connectivity index (χ0v) is 19.9. The van der Waals surface area contributed by atoms with Crippen molar-refractivity contribution in [3.05, 3.63) is 47.9 Å². The molecule has 2 aliphatic rings. The van der Waals surface area contributed by atoms with Gasteiger partial charge in [0.1, 0.15) is 11.8 Å². The number of fused-ring (bicyclic) bond motifs is 3. The summed E-state index contributed by atoms with van der Waals surface area (Å²) in [5.74, 6) is 0.146. The molecule has 1 aromatic carbocycles. The van der Waals surface area contributed by atoms with Crippen molar-refractivity contribution in [2.24, 2.45) is 18.7 Å². The summed E-state index contributed by atoms with van der Waals surface area (Å²) >= 11 is 0. The number of rotatable bonds is 7. The Morgan fingerprint density at radius 3 is 2.70 bits per heavy atom. The lowest BCUT2D eigenvalue weighted by Gasteiger charge is -2.33. The first-order valence-electron chi connectivity index (χ1n) is 11.6. The van der Waals surface area contributed by atoms with Gasteiger partial charge >= 0.3 is 6.16 Å². The molecule has 8 heteroatoms. The Morgan fingerprint density at radius 2 is 1.94 bits per heavy atom. The van der Waals surface area contributed by atoms with E-state index in [1.807, 2.05) is 63.3 Å². The molecule has 0 saturated carbocycles. The number of para-hydroxylation sites is 1. The third kappa shape index (κ3) is 4.57. The van der Waals surface area contributed by atoms with Crippen LogP contribution in [-0.4, -0.2) is 57.9 Å². The SMILES string of the molecule is CC1N(COC(=O)OC(C)(C)CCN)C=CN1CC1CCc2c(c3ccccc3n2C)C1=O. The molecule has 2 atom stereocenters. The van der Waals surface area contributed by atoms with Gasteiger partial charge in [-0.2, -0.15) is 0 Å². The number of aryl methyl sites for hydroxylation is 1. The Hall–Kier alpha value is -3.00. The quantitative estimate of drug-likeness (QED) is 0.640. The minimum atomic E-state index is -0.710. The molecular weight excluding hydrogens is 420 g/mol. The lowest BCUT2D eigenvalue weighted by atomic mass is 9.84. The molecule has 2 aromatic rings. The number of carbonyl (C=O) groups excluding carboxylic acids is 2. The molecule has 0 amide bonds. The van der Waals surface area contributed by atoms with Crippen LogP contribution in [0.4, 0.5) is 4.79 Å². The van der Waals surface area contributed by atoms with Crippen LogP contribution in [0.3, 0.4) is 0 Å². The maximum Gasteiger partial charge on any atom is 0.510 e. The molecular formula is C25H34N4O4. The van der Waals surface area contributed by atoms with Crippen molar-refractivity contribution in [3.63, 3.8) is 0 Å².